The number of hydrogen-bond acceptors (Lipinski definition) is 2. The number of benzene rings is 2. The third-order valence-electron chi connectivity index (χ3n) is 3.73. The molecule has 0 aromatic heterocycles. The second-order valence-corrected chi connectivity index (χ2v) is 8.54. The van der Waals surface area contributed by atoms with E-state index in [0.29, 0.717) is 11.8 Å². The van der Waals surface area contributed by atoms with E-state index in [1.807, 2.05) is 23.5 Å². The van der Waals surface area contributed by atoms with Crippen LogP contribution in [0.4, 0.5) is 0 Å². The van der Waals surface area contributed by atoms with Gasteiger partial charge in [0.1, 0.15) is 0 Å². The Morgan fingerprint density at radius 3 is 1.25 bits per heavy atom. The minimum atomic E-state index is 0.597. The number of halogens is 2. The summed E-state index contributed by atoms with van der Waals surface area (Å²) in [7, 11) is 0. The molecule has 24 heavy (non-hydrogen) atoms. The van der Waals surface area contributed by atoms with E-state index < -0.39 is 0 Å². The fourth-order valence-electron chi connectivity index (χ4n) is 2.29. The zero-order chi connectivity index (χ0) is 17.0. The van der Waals surface area contributed by atoms with Gasteiger partial charge in [-0.2, -0.15) is 0 Å². The third kappa shape index (κ3) is 7.74. The van der Waals surface area contributed by atoms with Crippen molar-refractivity contribution < 1.29 is 0 Å². The Hall–Kier alpha value is -0.280. The van der Waals surface area contributed by atoms with Crippen molar-refractivity contribution >= 4 is 46.7 Å². The molecule has 0 aliphatic rings. The van der Waals surface area contributed by atoms with E-state index in [2.05, 4.69) is 48.5 Å². The van der Waals surface area contributed by atoms with Crippen LogP contribution in [0.15, 0.2) is 58.3 Å². The molecule has 2 rings (SSSR count). The van der Waals surface area contributed by atoms with Crippen LogP contribution in [0.3, 0.4) is 0 Å². The van der Waals surface area contributed by atoms with Crippen LogP contribution in [0.2, 0.25) is 0 Å². The Bertz CT molecular complexity index is 514. The summed E-state index contributed by atoms with van der Waals surface area (Å²) in [6.45, 7) is 0. The first-order valence-electron chi connectivity index (χ1n) is 8.37. The lowest BCUT2D eigenvalue weighted by atomic mass is 10.2. The predicted molar refractivity (Wildman–Crippen MR) is 112 cm³/mol. The second-order valence-electron chi connectivity index (χ2n) is 5.67. The fourth-order valence-corrected chi connectivity index (χ4v) is 4.47. The normalized spacial score (nSPS) is 10.9. The highest BCUT2D eigenvalue weighted by Crippen LogP contribution is 2.23. The summed E-state index contributed by atoms with van der Waals surface area (Å²) < 4.78 is 0. The molecule has 0 saturated carbocycles. The molecule has 0 aliphatic carbocycles. The van der Waals surface area contributed by atoms with E-state index in [-0.39, 0.29) is 0 Å². The summed E-state index contributed by atoms with van der Waals surface area (Å²) in [4.78, 5) is 2.69. The van der Waals surface area contributed by atoms with Crippen LogP contribution >= 0.6 is 46.7 Å². The van der Waals surface area contributed by atoms with E-state index in [1.165, 1.54) is 58.1 Å². The average molecular weight is 399 g/mol. The molecule has 0 N–H and O–H groups in total. The van der Waals surface area contributed by atoms with Crippen molar-refractivity contribution in [3.63, 3.8) is 0 Å². The first-order chi connectivity index (χ1) is 11.8. The minimum absolute atomic E-state index is 0.597. The van der Waals surface area contributed by atoms with Gasteiger partial charge in [0.2, 0.25) is 0 Å². The van der Waals surface area contributed by atoms with Crippen LogP contribution in [0, 0.1) is 0 Å². The van der Waals surface area contributed by atoms with E-state index in [4.69, 9.17) is 23.2 Å². The summed E-state index contributed by atoms with van der Waals surface area (Å²) in [5.41, 5.74) is 2.38. The lowest BCUT2D eigenvalue weighted by molar-refractivity contribution is 0.711. The maximum absolute atomic E-state index is 5.81. The Labute approximate surface area is 164 Å². The zero-order valence-electron chi connectivity index (χ0n) is 13.8. The summed E-state index contributed by atoms with van der Waals surface area (Å²) in [5.74, 6) is 3.60. The van der Waals surface area contributed by atoms with Crippen molar-refractivity contribution in [1.82, 2.24) is 0 Å². The number of alkyl halides is 2. The molecular weight excluding hydrogens is 375 g/mol. The highest BCUT2D eigenvalue weighted by molar-refractivity contribution is 7.99. The van der Waals surface area contributed by atoms with Gasteiger partial charge in [-0.25, -0.2) is 0 Å². The molecule has 0 atom stereocenters. The summed E-state index contributed by atoms with van der Waals surface area (Å²) in [6, 6.07) is 17.2. The van der Waals surface area contributed by atoms with Crippen LogP contribution in [-0.4, -0.2) is 11.5 Å². The van der Waals surface area contributed by atoms with Crippen LogP contribution < -0.4 is 0 Å². The van der Waals surface area contributed by atoms with Gasteiger partial charge in [-0.1, -0.05) is 37.1 Å². The van der Waals surface area contributed by atoms with Crippen molar-refractivity contribution in [2.24, 2.45) is 0 Å². The van der Waals surface area contributed by atoms with Gasteiger partial charge in [-0.15, -0.1) is 46.7 Å². The summed E-state index contributed by atoms with van der Waals surface area (Å²) in [6.07, 6.45) is 5.21. The van der Waals surface area contributed by atoms with Gasteiger partial charge in [0.05, 0.1) is 0 Å². The standard InChI is InChI=1S/C20H24Cl2S2/c21-15-17-5-9-19(10-6-17)23-13-3-1-2-4-14-24-20-11-7-18(16-22)8-12-20/h5-12H,1-4,13-16H2. The van der Waals surface area contributed by atoms with Gasteiger partial charge in [0, 0.05) is 21.6 Å². The fraction of sp³-hybridized carbons (Fsp3) is 0.400. The number of rotatable bonds is 11. The van der Waals surface area contributed by atoms with E-state index in [1.54, 1.807) is 0 Å². The van der Waals surface area contributed by atoms with E-state index >= 15 is 0 Å². The molecule has 2 aromatic rings. The maximum atomic E-state index is 5.81. The quantitative estimate of drug-likeness (QED) is 0.217. The topological polar surface area (TPSA) is 0 Å². The van der Waals surface area contributed by atoms with E-state index in [0.717, 1.165) is 0 Å². The van der Waals surface area contributed by atoms with Crippen molar-refractivity contribution in [3.8, 4) is 0 Å². The zero-order valence-corrected chi connectivity index (χ0v) is 17.0. The van der Waals surface area contributed by atoms with Crippen molar-refractivity contribution in [3.05, 3.63) is 59.7 Å². The molecule has 0 aliphatic heterocycles. The molecule has 0 heterocycles. The molecule has 0 nitrogen and oxygen atoms in total. The molecule has 0 unspecified atom stereocenters. The summed E-state index contributed by atoms with van der Waals surface area (Å²) >= 11 is 15.5. The molecule has 0 bridgehead atoms. The smallest absolute Gasteiger partial charge is 0.0474 e. The number of unbranched alkanes of at least 4 members (excludes halogenated alkanes) is 3. The largest absolute Gasteiger partial charge is 0.126 e. The number of hydrogen-bond donors (Lipinski definition) is 0. The van der Waals surface area contributed by atoms with Crippen LogP contribution in [0.25, 0.3) is 0 Å². The van der Waals surface area contributed by atoms with Gasteiger partial charge >= 0.3 is 0 Å². The minimum Gasteiger partial charge on any atom is -0.126 e. The molecule has 0 fully saturated rings. The average Bonchev–Trinajstić information content (AvgIpc) is 2.65. The third-order valence-corrected chi connectivity index (χ3v) is 6.55. The van der Waals surface area contributed by atoms with Crippen LogP contribution in [0.1, 0.15) is 36.8 Å². The Balaban J connectivity index is 1.48. The molecule has 4 heteroatoms. The van der Waals surface area contributed by atoms with Crippen molar-refractivity contribution in [2.45, 2.75) is 47.2 Å². The summed E-state index contributed by atoms with van der Waals surface area (Å²) in [5, 5.41) is 0. The van der Waals surface area contributed by atoms with Crippen molar-refractivity contribution in [2.75, 3.05) is 11.5 Å². The molecule has 0 radical (unpaired) electrons. The van der Waals surface area contributed by atoms with Gasteiger partial charge in [0.15, 0.2) is 0 Å². The molecule has 130 valence electrons. The molecule has 2 aromatic carbocycles. The Morgan fingerprint density at radius 1 is 0.542 bits per heavy atom. The Kier molecular flexibility index (Phi) is 10.1. The molecule has 0 amide bonds. The lowest BCUT2D eigenvalue weighted by Crippen LogP contribution is -1.85. The van der Waals surface area contributed by atoms with Gasteiger partial charge in [-0.3, -0.25) is 0 Å². The van der Waals surface area contributed by atoms with Crippen molar-refractivity contribution in [1.29, 1.82) is 0 Å². The molecular formula is C20H24Cl2S2. The maximum Gasteiger partial charge on any atom is 0.0474 e. The van der Waals surface area contributed by atoms with Crippen LogP contribution in [0.5, 0.6) is 0 Å². The lowest BCUT2D eigenvalue weighted by Gasteiger charge is -2.04. The monoisotopic (exact) mass is 398 g/mol. The molecule has 0 spiro atoms. The first kappa shape index (κ1) is 20.0. The SMILES string of the molecule is ClCc1ccc(SCCCCCCSc2ccc(CCl)cc2)cc1. The van der Waals surface area contributed by atoms with Gasteiger partial charge < -0.3 is 0 Å². The second kappa shape index (κ2) is 12.1. The highest BCUT2D eigenvalue weighted by atomic mass is 35.5. The van der Waals surface area contributed by atoms with E-state index in [9.17, 15) is 0 Å². The van der Waals surface area contributed by atoms with Gasteiger partial charge in [-0.05, 0) is 59.7 Å². The first-order valence-corrected chi connectivity index (χ1v) is 11.4. The predicted octanol–water partition coefficient (Wildman–Crippen LogP) is 7.61. The Morgan fingerprint density at radius 2 is 0.917 bits per heavy atom. The molecule has 0 saturated heterocycles. The van der Waals surface area contributed by atoms with Gasteiger partial charge in [0.25, 0.3) is 0 Å². The highest BCUT2D eigenvalue weighted by Gasteiger charge is 1.98. The number of thioether (sulfide) groups is 2. The van der Waals surface area contributed by atoms with Crippen LogP contribution in [-0.2, 0) is 11.8 Å².